The predicted molar refractivity (Wildman–Crippen MR) is 83.0 cm³/mol. The van der Waals surface area contributed by atoms with Gasteiger partial charge in [-0.2, -0.15) is 0 Å². The van der Waals surface area contributed by atoms with Crippen LogP contribution in [0.2, 0.25) is 0 Å². The first-order valence-corrected chi connectivity index (χ1v) is 7.65. The molecule has 0 aliphatic rings. The molecular formula is C17H25NO3. The van der Waals surface area contributed by atoms with Crippen molar-refractivity contribution >= 4 is 11.9 Å². The van der Waals surface area contributed by atoms with Crippen molar-refractivity contribution in [2.45, 2.75) is 52.0 Å². The maximum absolute atomic E-state index is 12.2. The van der Waals surface area contributed by atoms with E-state index in [2.05, 4.69) is 12.2 Å². The Bertz CT molecular complexity index is 445. The molecule has 1 unspecified atom stereocenters. The van der Waals surface area contributed by atoms with Gasteiger partial charge in [-0.05, 0) is 18.4 Å². The summed E-state index contributed by atoms with van der Waals surface area (Å²) < 4.78 is 0. The van der Waals surface area contributed by atoms with Crippen molar-refractivity contribution in [2.75, 3.05) is 0 Å². The Morgan fingerprint density at radius 2 is 1.86 bits per heavy atom. The van der Waals surface area contributed by atoms with Crippen LogP contribution in [0.15, 0.2) is 30.3 Å². The summed E-state index contributed by atoms with van der Waals surface area (Å²) in [7, 11) is 0. The minimum Gasteiger partial charge on any atom is -0.480 e. The molecule has 0 bridgehead atoms. The van der Waals surface area contributed by atoms with Gasteiger partial charge in [-0.3, -0.25) is 4.79 Å². The molecule has 1 rings (SSSR count). The number of hydrogen-bond acceptors (Lipinski definition) is 2. The molecule has 1 aromatic rings. The fourth-order valence-electron chi connectivity index (χ4n) is 2.31. The quantitative estimate of drug-likeness (QED) is 0.735. The molecule has 0 aliphatic carbocycles. The third-order valence-corrected chi connectivity index (χ3v) is 3.67. The highest BCUT2D eigenvalue weighted by atomic mass is 16.4. The van der Waals surface area contributed by atoms with Gasteiger partial charge in [0.15, 0.2) is 0 Å². The van der Waals surface area contributed by atoms with Gasteiger partial charge in [0.1, 0.15) is 6.04 Å². The predicted octanol–water partition coefficient (Wildman–Crippen LogP) is 3.01. The first-order valence-electron chi connectivity index (χ1n) is 7.65. The number of carbonyl (C=O) groups is 2. The van der Waals surface area contributed by atoms with Crippen LogP contribution in [0.4, 0.5) is 0 Å². The zero-order valence-corrected chi connectivity index (χ0v) is 12.8. The molecule has 4 heteroatoms. The number of nitrogens with one attached hydrogen (secondary N) is 1. The van der Waals surface area contributed by atoms with Crippen molar-refractivity contribution in [3.8, 4) is 0 Å². The highest BCUT2D eigenvalue weighted by Crippen LogP contribution is 2.13. The molecule has 0 aromatic heterocycles. The smallest absolute Gasteiger partial charge is 0.326 e. The lowest BCUT2D eigenvalue weighted by atomic mass is 9.97. The molecule has 0 saturated heterocycles. The summed E-state index contributed by atoms with van der Waals surface area (Å²) in [6, 6.07) is 8.50. The van der Waals surface area contributed by atoms with Crippen LogP contribution in [0, 0.1) is 5.92 Å². The van der Waals surface area contributed by atoms with Crippen molar-refractivity contribution in [1.82, 2.24) is 5.32 Å². The number of hydrogen-bond donors (Lipinski definition) is 2. The van der Waals surface area contributed by atoms with E-state index in [9.17, 15) is 14.7 Å². The van der Waals surface area contributed by atoms with Gasteiger partial charge in [0.05, 0.1) is 0 Å². The van der Waals surface area contributed by atoms with E-state index in [-0.39, 0.29) is 11.8 Å². The Balaban J connectivity index is 2.65. The molecule has 0 fully saturated rings. The average molecular weight is 291 g/mol. The Hall–Kier alpha value is -1.84. The lowest BCUT2D eigenvalue weighted by Crippen LogP contribution is -2.44. The minimum atomic E-state index is -0.988. The SMILES string of the molecule is CCCCC(CC)C(=O)N[C@@H](Cc1ccccc1)C(=O)O. The van der Waals surface area contributed by atoms with Crippen molar-refractivity contribution in [3.05, 3.63) is 35.9 Å². The molecule has 2 N–H and O–H groups in total. The van der Waals surface area contributed by atoms with Crippen molar-refractivity contribution < 1.29 is 14.7 Å². The number of amides is 1. The number of aliphatic carboxylic acids is 1. The molecule has 4 nitrogen and oxygen atoms in total. The molecule has 116 valence electrons. The normalized spacial score (nSPS) is 13.4. The summed E-state index contributed by atoms with van der Waals surface area (Å²) in [6.07, 6.45) is 3.89. The van der Waals surface area contributed by atoms with E-state index in [0.717, 1.165) is 31.2 Å². The fourth-order valence-corrected chi connectivity index (χ4v) is 2.31. The van der Waals surface area contributed by atoms with Gasteiger partial charge in [0.25, 0.3) is 0 Å². The topological polar surface area (TPSA) is 66.4 Å². The number of carboxylic acid groups (broad SMARTS) is 1. The molecule has 1 aromatic carbocycles. The highest BCUT2D eigenvalue weighted by Gasteiger charge is 2.24. The second-order valence-electron chi connectivity index (χ2n) is 5.34. The zero-order valence-electron chi connectivity index (χ0n) is 12.8. The van der Waals surface area contributed by atoms with E-state index >= 15 is 0 Å². The summed E-state index contributed by atoms with van der Waals surface area (Å²) in [5, 5.41) is 12.0. The molecule has 0 radical (unpaired) electrons. The Morgan fingerprint density at radius 3 is 2.38 bits per heavy atom. The minimum absolute atomic E-state index is 0.0948. The molecular weight excluding hydrogens is 266 g/mol. The van der Waals surface area contributed by atoms with Gasteiger partial charge >= 0.3 is 5.97 Å². The van der Waals surface area contributed by atoms with Gasteiger partial charge in [-0.1, -0.05) is 57.0 Å². The molecule has 2 atom stereocenters. The van der Waals surface area contributed by atoms with Gasteiger partial charge in [-0.15, -0.1) is 0 Å². The number of rotatable bonds is 9. The number of carbonyl (C=O) groups excluding carboxylic acids is 1. The monoisotopic (exact) mass is 291 g/mol. The van der Waals surface area contributed by atoms with Gasteiger partial charge in [-0.25, -0.2) is 4.79 Å². The summed E-state index contributed by atoms with van der Waals surface area (Å²) in [5.41, 5.74) is 0.909. The molecule has 0 spiro atoms. The summed E-state index contributed by atoms with van der Waals surface area (Å²) in [4.78, 5) is 23.6. The number of benzene rings is 1. The Morgan fingerprint density at radius 1 is 1.19 bits per heavy atom. The van der Waals surface area contributed by atoms with Gasteiger partial charge in [0.2, 0.25) is 5.91 Å². The largest absolute Gasteiger partial charge is 0.480 e. The van der Waals surface area contributed by atoms with Crippen LogP contribution in [-0.2, 0) is 16.0 Å². The summed E-state index contributed by atoms with van der Waals surface area (Å²) >= 11 is 0. The van der Waals surface area contributed by atoms with Crippen molar-refractivity contribution in [1.29, 1.82) is 0 Å². The molecule has 0 aliphatic heterocycles. The molecule has 0 heterocycles. The maximum atomic E-state index is 12.2. The lowest BCUT2D eigenvalue weighted by Gasteiger charge is -2.19. The van der Waals surface area contributed by atoms with Crippen LogP contribution < -0.4 is 5.32 Å². The van der Waals surface area contributed by atoms with E-state index in [1.165, 1.54) is 0 Å². The average Bonchev–Trinajstić information content (AvgIpc) is 2.48. The molecule has 21 heavy (non-hydrogen) atoms. The van der Waals surface area contributed by atoms with E-state index in [0.29, 0.717) is 6.42 Å². The second-order valence-corrected chi connectivity index (χ2v) is 5.34. The third kappa shape index (κ3) is 5.98. The molecule has 1 amide bonds. The Labute approximate surface area is 126 Å². The van der Waals surface area contributed by atoms with E-state index in [4.69, 9.17) is 0 Å². The van der Waals surface area contributed by atoms with Crippen LogP contribution in [-0.4, -0.2) is 23.0 Å². The van der Waals surface area contributed by atoms with Crippen LogP contribution >= 0.6 is 0 Å². The van der Waals surface area contributed by atoms with E-state index in [1.807, 2.05) is 37.3 Å². The van der Waals surface area contributed by atoms with Crippen LogP contribution in [0.25, 0.3) is 0 Å². The maximum Gasteiger partial charge on any atom is 0.326 e. The van der Waals surface area contributed by atoms with Crippen molar-refractivity contribution in [3.63, 3.8) is 0 Å². The van der Waals surface area contributed by atoms with Crippen LogP contribution in [0.3, 0.4) is 0 Å². The number of unbranched alkanes of at least 4 members (excludes halogenated alkanes) is 1. The zero-order chi connectivity index (χ0) is 15.7. The fraction of sp³-hybridized carbons (Fsp3) is 0.529. The van der Waals surface area contributed by atoms with Crippen molar-refractivity contribution in [2.24, 2.45) is 5.92 Å². The van der Waals surface area contributed by atoms with Gasteiger partial charge in [0, 0.05) is 12.3 Å². The Kier molecular flexibility index (Phi) is 7.51. The highest BCUT2D eigenvalue weighted by molar-refractivity contribution is 5.85. The number of carboxylic acids is 1. The first-order chi connectivity index (χ1) is 10.1. The van der Waals surface area contributed by atoms with E-state index < -0.39 is 12.0 Å². The van der Waals surface area contributed by atoms with Gasteiger partial charge < -0.3 is 10.4 Å². The summed E-state index contributed by atoms with van der Waals surface area (Å²) in [6.45, 7) is 4.05. The second kappa shape index (κ2) is 9.16. The first kappa shape index (κ1) is 17.2. The van der Waals surface area contributed by atoms with Crippen LogP contribution in [0.1, 0.15) is 45.1 Å². The standard InChI is InChI=1S/C17H25NO3/c1-3-5-11-14(4-2)16(19)18-15(17(20)21)12-13-9-7-6-8-10-13/h6-10,14-15H,3-5,11-12H2,1-2H3,(H,18,19)(H,20,21)/t14?,15-/m0/s1. The van der Waals surface area contributed by atoms with E-state index in [1.54, 1.807) is 0 Å². The third-order valence-electron chi connectivity index (χ3n) is 3.67. The molecule has 0 saturated carbocycles. The summed E-state index contributed by atoms with van der Waals surface area (Å²) in [5.74, 6) is -1.23. The van der Waals surface area contributed by atoms with Crippen LogP contribution in [0.5, 0.6) is 0 Å². The lowest BCUT2D eigenvalue weighted by molar-refractivity contribution is -0.142.